The Bertz CT molecular complexity index is 1140. The predicted octanol–water partition coefficient (Wildman–Crippen LogP) is 9.12. The molecule has 0 aromatic heterocycles. The minimum atomic E-state index is -0.521. The van der Waals surface area contributed by atoms with Crippen LogP contribution in [0.15, 0.2) is 47.6 Å². The summed E-state index contributed by atoms with van der Waals surface area (Å²) >= 11 is 0. The second kappa shape index (κ2) is 15.6. The fourth-order valence-corrected chi connectivity index (χ4v) is 8.11. The van der Waals surface area contributed by atoms with Crippen molar-refractivity contribution < 1.29 is 24.2 Å². The Morgan fingerprint density at radius 3 is 1.78 bits per heavy atom. The number of allylic oxidation sites excluding steroid dienone is 5. The van der Waals surface area contributed by atoms with Gasteiger partial charge in [-0.2, -0.15) is 0 Å². The van der Waals surface area contributed by atoms with Crippen molar-refractivity contribution in [3.8, 4) is 0 Å². The van der Waals surface area contributed by atoms with Crippen molar-refractivity contribution in [2.45, 2.75) is 127 Å². The summed E-state index contributed by atoms with van der Waals surface area (Å²) in [7, 11) is 0. The molecule has 45 heavy (non-hydrogen) atoms. The lowest BCUT2D eigenvalue weighted by Crippen LogP contribution is -2.44. The third kappa shape index (κ3) is 8.82. The van der Waals surface area contributed by atoms with Gasteiger partial charge in [0.25, 0.3) is 0 Å². The molecule has 4 aliphatic carbocycles. The number of esters is 2. The van der Waals surface area contributed by atoms with Crippen LogP contribution in [-0.2, 0) is 19.1 Å². The summed E-state index contributed by atoms with van der Waals surface area (Å²) in [5.74, 6) is 3.83. The standard InChI is InChI=1S/C21H34O2.C19H30O3/c1-8-21(6,7)20(22)23-17-12-14(4)11-16-10-9-15(5)18(13(2)3)19(16)17;1-6-12(4)19(21)22-16-10-15(20)9-14-8-7-13(5)17(11(2)3)18(14)16/h9-11,13-15,17-19H,8,12H2,1-7H3;7-9,11-13,15-18,20H,6,10H2,1-5H3/t14-,15+,17-,18-,19?;12-,13+,15-,16-,17-,18?/m00/s1. The van der Waals surface area contributed by atoms with Gasteiger partial charge in [0.15, 0.2) is 0 Å². The molecule has 4 aliphatic rings. The average Bonchev–Trinajstić information content (AvgIpc) is 2.96. The first kappa shape index (κ1) is 37.3. The monoisotopic (exact) mass is 624 g/mol. The predicted molar refractivity (Wildman–Crippen MR) is 184 cm³/mol. The molecular weight excluding hydrogens is 560 g/mol. The molecule has 0 aromatic carbocycles. The van der Waals surface area contributed by atoms with Crippen LogP contribution in [0.1, 0.15) is 109 Å². The van der Waals surface area contributed by atoms with E-state index in [4.69, 9.17) is 9.47 Å². The number of rotatable bonds is 8. The Labute approximate surface area is 275 Å². The van der Waals surface area contributed by atoms with Gasteiger partial charge >= 0.3 is 11.9 Å². The van der Waals surface area contributed by atoms with E-state index in [1.54, 1.807) is 0 Å². The van der Waals surface area contributed by atoms with Gasteiger partial charge in [0, 0.05) is 18.3 Å². The Kier molecular flexibility index (Phi) is 13.0. The number of carbonyl (C=O) groups excluding carboxylic acids is 2. The van der Waals surface area contributed by atoms with Crippen molar-refractivity contribution >= 4 is 11.9 Å². The van der Waals surface area contributed by atoms with E-state index in [1.807, 2.05) is 33.8 Å². The van der Waals surface area contributed by atoms with Gasteiger partial charge in [0.2, 0.25) is 0 Å². The maximum atomic E-state index is 12.6. The number of carbonyl (C=O) groups is 2. The molecule has 254 valence electrons. The molecule has 0 bridgehead atoms. The summed E-state index contributed by atoms with van der Waals surface area (Å²) in [4.78, 5) is 24.9. The van der Waals surface area contributed by atoms with Gasteiger partial charge in [0.1, 0.15) is 12.2 Å². The van der Waals surface area contributed by atoms with Crippen LogP contribution >= 0.6 is 0 Å². The molecule has 0 amide bonds. The van der Waals surface area contributed by atoms with E-state index in [0.717, 1.165) is 24.8 Å². The van der Waals surface area contributed by atoms with Crippen molar-refractivity contribution in [1.82, 2.24) is 0 Å². The van der Waals surface area contributed by atoms with E-state index in [9.17, 15) is 14.7 Å². The van der Waals surface area contributed by atoms with Crippen LogP contribution in [0.2, 0.25) is 0 Å². The SMILES string of the molecule is CCC(C)(C)C(=O)O[C@H]1C[C@@H](C)C=C2C=C[C@@H](C)[C@H](C(C)C)C21.CC[C@H](C)C(=O)O[C@H]1C[C@@H](O)C=C2C=C[C@@H](C)[C@H](C(C)C)C21. The Hall–Kier alpha value is -2.14. The number of aliphatic hydroxyl groups excluding tert-OH is 1. The van der Waals surface area contributed by atoms with Crippen molar-refractivity contribution in [3.05, 3.63) is 47.6 Å². The zero-order chi connectivity index (χ0) is 33.8. The lowest BCUT2D eigenvalue weighted by Gasteiger charge is -2.45. The topological polar surface area (TPSA) is 72.8 Å². The minimum absolute atomic E-state index is 0.0168. The largest absolute Gasteiger partial charge is 0.461 e. The van der Waals surface area contributed by atoms with Gasteiger partial charge in [0.05, 0.1) is 17.4 Å². The van der Waals surface area contributed by atoms with Crippen molar-refractivity contribution in [2.75, 3.05) is 0 Å². The Morgan fingerprint density at radius 2 is 1.31 bits per heavy atom. The lowest BCUT2D eigenvalue weighted by atomic mass is 9.63. The molecule has 1 N–H and O–H groups in total. The van der Waals surface area contributed by atoms with Crippen LogP contribution in [0.4, 0.5) is 0 Å². The first-order valence-corrected chi connectivity index (χ1v) is 17.9. The third-order valence-electron chi connectivity index (χ3n) is 11.3. The molecule has 5 nitrogen and oxygen atoms in total. The van der Waals surface area contributed by atoms with E-state index in [0.29, 0.717) is 53.8 Å². The molecule has 0 fully saturated rings. The van der Waals surface area contributed by atoms with Gasteiger partial charge in [-0.05, 0) is 85.7 Å². The van der Waals surface area contributed by atoms with Gasteiger partial charge < -0.3 is 14.6 Å². The van der Waals surface area contributed by atoms with Crippen molar-refractivity contribution in [3.63, 3.8) is 0 Å². The zero-order valence-corrected chi connectivity index (χ0v) is 30.4. The number of fused-ring (bicyclic) bond motifs is 2. The molecule has 0 aromatic rings. The second-order valence-corrected chi connectivity index (χ2v) is 15.9. The first-order valence-electron chi connectivity index (χ1n) is 17.9. The van der Waals surface area contributed by atoms with Crippen molar-refractivity contribution in [2.24, 2.45) is 64.6 Å². The third-order valence-corrected chi connectivity index (χ3v) is 11.3. The molecule has 4 rings (SSSR count). The summed E-state index contributed by atoms with van der Waals surface area (Å²) in [6, 6.07) is 0. The molecule has 0 aliphatic heterocycles. The van der Waals surface area contributed by atoms with Crippen LogP contribution < -0.4 is 0 Å². The molecule has 0 spiro atoms. The minimum Gasteiger partial charge on any atom is -0.461 e. The summed E-state index contributed by atoms with van der Waals surface area (Å²) in [5.41, 5.74) is 2.12. The number of hydrogen-bond donors (Lipinski definition) is 1. The highest BCUT2D eigenvalue weighted by Gasteiger charge is 2.45. The number of hydrogen-bond acceptors (Lipinski definition) is 5. The highest BCUT2D eigenvalue weighted by Crippen LogP contribution is 2.47. The number of ether oxygens (including phenoxy) is 2. The molecule has 0 saturated carbocycles. The summed E-state index contributed by atoms with van der Waals surface area (Å²) in [5, 5.41) is 10.1. The van der Waals surface area contributed by atoms with Crippen molar-refractivity contribution in [1.29, 1.82) is 0 Å². The lowest BCUT2D eigenvalue weighted by molar-refractivity contribution is -0.165. The Balaban J connectivity index is 0.000000246. The normalized spacial score (nSPS) is 34.9. The fourth-order valence-electron chi connectivity index (χ4n) is 8.11. The van der Waals surface area contributed by atoms with Crippen LogP contribution in [0, 0.1) is 64.6 Å². The van der Waals surface area contributed by atoms with Gasteiger partial charge in [-0.1, -0.05) is 106 Å². The molecule has 2 unspecified atom stereocenters. The number of aliphatic hydroxyl groups is 1. The van der Waals surface area contributed by atoms with E-state index < -0.39 is 11.5 Å². The molecule has 0 heterocycles. The van der Waals surface area contributed by atoms with Crippen LogP contribution in [0.3, 0.4) is 0 Å². The van der Waals surface area contributed by atoms with Crippen LogP contribution in [-0.4, -0.2) is 35.4 Å². The van der Waals surface area contributed by atoms with E-state index >= 15 is 0 Å². The van der Waals surface area contributed by atoms with Gasteiger partial charge in [-0.3, -0.25) is 9.59 Å². The maximum absolute atomic E-state index is 12.6. The quantitative estimate of drug-likeness (QED) is 0.273. The smallest absolute Gasteiger partial charge is 0.311 e. The van der Waals surface area contributed by atoms with Gasteiger partial charge in [-0.15, -0.1) is 0 Å². The fraction of sp³-hybridized carbons (Fsp3) is 0.750. The highest BCUT2D eigenvalue weighted by atomic mass is 16.5. The molecule has 0 saturated heterocycles. The van der Waals surface area contributed by atoms with Gasteiger partial charge in [-0.25, -0.2) is 0 Å². The van der Waals surface area contributed by atoms with E-state index in [-0.39, 0.29) is 36.0 Å². The summed E-state index contributed by atoms with van der Waals surface area (Å²) < 4.78 is 11.9. The zero-order valence-electron chi connectivity index (χ0n) is 30.4. The molecule has 11 atom stereocenters. The maximum Gasteiger partial charge on any atom is 0.311 e. The molecule has 5 heteroatoms. The molecular formula is C40H64O5. The highest BCUT2D eigenvalue weighted by molar-refractivity contribution is 5.76. The van der Waals surface area contributed by atoms with Crippen LogP contribution in [0.25, 0.3) is 0 Å². The van der Waals surface area contributed by atoms with E-state index in [2.05, 4.69) is 85.8 Å². The second-order valence-electron chi connectivity index (χ2n) is 15.9. The molecule has 0 radical (unpaired) electrons. The average molecular weight is 625 g/mol. The summed E-state index contributed by atoms with van der Waals surface area (Å²) in [6.07, 6.45) is 15.6. The summed E-state index contributed by atoms with van der Waals surface area (Å²) in [6.45, 7) is 25.7. The van der Waals surface area contributed by atoms with E-state index in [1.165, 1.54) is 5.57 Å². The Morgan fingerprint density at radius 1 is 0.822 bits per heavy atom. The van der Waals surface area contributed by atoms with Crippen LogP contribution in [0.5, 0.6) is 0 Å². The first-order chi connectivity index (χ1) is 21.0.